The summed E-state index contributed by atoms with van der Waals surface area (Å²) in [7, 11) is 3.94. The Kier molecular flexibility index (Phi) is 7.06. The molecule has 5 rings (SSSR count). The quantitative estimate of drug-likeness (QED) is 0.637. The van der Waals surface area contributed by atoms with Gasteiger partial charge < -0.3 is 30.1 Å². The second-order valence-corrected chi connectivity index (χ2v) is 10.1. The van der Waals surface area contributed by atoms with Gasteiger partial charge in [0.05, 0.1) is 19.3 Å². The number of hydrogen-bond acceptors (Lipinski definition) is 7. The van der Waals surface area contributed by atoms with Crippen molar-refractivity contribution in [1.29, 1.82) is 0 Å². The molecule has 3 fully saturated rings. The molecule has 2 N–H and O–H groups in total. The van der Waals surface area contributed by atoms with Crippen molar-refractivity contribution >= 4 is 23.4 Å². The third kappa shape index (κ3) is 5.60. The maximum atomic E-state index is 13.5. The first-order valence-corrected chi connectivity index (χ1v) is 12.7. The Bertz CT molecular complexity index is 1110. The molecule has 2 aliphatic heterocycles. The number of carbonyl (C=O) groups is 2. The number of ether oxygens (including phenoxy) is 1. The van der Waals surface area contributed by atoms with Crippen molar-refractivity contribution in [3.05, 3.63) is 36.0 Å². The van der Waals surface area contributed by atoms with Crippen LogP contribution in [-0.2, 0) is 4.74 Å². The summed E-state index contributed by atoms with van der Waals surface area (Å²) in [4.78, 5) is 41.4. The number of nitrogens with zero attached hydrogens (tertiary/aromatic N) is 5. The first-order chi connectivity index (χ1) is 17.4. The lowest BCUT2D eigenvalue weighted by Gasteiger charge is -2.34. The number of anilines is 2. The van der Waals surface area contributed by atoms with Gasteiger partial charge in [0.1, 0.15) is 11.5 Å². The molecule has 0 bridgehead atoms. The Morgan fingerprint density at radius 3 is 2.56 bits per heavy atom. The lowest BCUT2D eigenvalue weighted by Crippen LogP contribution is -2.44. The number of nitrogens with one attached hydrogen (secondary N) is 2. The molecule has 3 amide bonds. The largest absolute Gasteiger partial charge is 0.377 e. The number of likely N-dealkylation sites (tertiary alicyclic amines) is 1. The average Bonchev–Trinajstić information content (AvgIpc) is 3.59. The molecule has 2 aromatic rings. The van der Waals surface area contributed by atoms with E-state index in [1.807, 2.05) is 36.2 Å². The van der Waals surface area contributed by atoms with Crippen molar-refractivity contribution in [2.45, 2.75) is 44.3 Å². The van der Waals surface area contributed by atoms with Crippen LogP contribution < -0.4 is 15.5 Å². The second-order valence-electron chi connectivity index (χ2n) is 10.1. The number of benzene rings is 1. The molecule has 1 saturated carbocycles. The van der Waals surface area contributed by atoms with Gasteiger partial charge in [-0.15, -0.1) is 0 Å². The summed E-state index contributed by atoms with van der Waals surface area (Å²) in [6.07, 6.45) is 3.03. The van der Waals surface area contributed by atoms with Gasteiger partial charge in [0.25, 0.3) is 5.91 Å². The predicted molar refractivity (Wildman–Crippen MR) is 138 cm³/mol. The Labute approximate surface area is 212 Å². The van der Waals surface area contributed by atoms with Gasteiger partial charge in [-0.05, 0) is 64.0 Å². The second kappa shape index (κ2) is 10.4. The van der Waals surface area contributed by atoms with Crippen LogP contribution >= 0.6 is 0 Å². The summed E-state index contributed by atoms with van der Waals surface area (Å²) in [5.41, 5.74) is 1.86. The lowest BCUT2D eigenvalue weighted by molar-refractivity contribution is 0.0731. The highest BCUT2D eigenvalue weighted by atomic mass is 16.5. The molecule has 0 spiro atoms. The molecule has 1 aromatic carbocycles. The highest BCUT2D eigenvalue weighted by molar-refractivity contribution is 5.94. The highest BCUT2D eigenvalue weighted by Crippen LogP contribution is 2.26. The monoisotopic (exact) mass is 493 g/mol. The molecule has 2 atom stereocenters. The third-order valence-electron chi connectivity index (χ3n) is 7.14. The number of carbonyl (C=O) groups excluding carboxylic acids is 2. The van der Waals surface area contributed by atoms with Crippen LogP contribution in [0.2, 0.25) is 0 Å². The van der Waals surface area contributed by atoms with Gasteiger partial charge >= 0.3 is 6.03 Å². The molecule has 1 aliphatic carbocycles. The minimum absolute atomic E-state index is 0.101. The summed E-state index contributed by atoms with van der Waals surface area (Å²) in [5, 5.41) is 5.78. The molecule has 10 heteroatoms. The van der Waals surface area contributed by atoms with Gasteiger partial charge in [-0.25, -0.2) is 14.8 Å². The molecular formula is C26H35N7O3. The lowest BCUT2D eigenvalue weighted by atomic mass is 10.1. The first-order valence-electron chi connectivity index (χ1n) is 12.7. The van der Waals surface area contributed by atoms with E-state index in [0.717, 1.165) is 43.7 Å². The van der Waals surface area contributed by atoms with Crippen LogP contribution in [0.4, 0.5) is 16.3 Å². The fraction of sp³-hybridized carbons (Fsp3) is 0.538. The minimum atomic E-state index is -0.196. The van der Waals surface area contributed by atoms with Crippen LogP contribution in [0.15, 0.2) is 30.3 Å². The predicted octanol–water partition coefficient (Wildman–Crippen LogP) is 2.43. The Morgan fingerprint density at radius 2 is 1.89 bits per heavy atom. The number of amides is 3. The van der Waals surface area contributed by atoms with Crippen LogP contribution in [0.1, 0.15) is 36.7 Å². The highest BCUT2D eigenvalue weighted by Gasteiger charge is 2.29. The van der Waals surface area contributed by atoms with Crippen LogP contribution in [-0.4, -0.2) is 96.8 Å². The SMILES string of the molecule is C[C@H]1COCCN1c1cc(C(=O)N(C)C2CCN(C)C2)nc(-c2ccc(NC(=O)NC3CC3)cc2)n1. The van der Waals surface area contributed by atoms with Crippen LogP contribution in [0.5, 0.6) is 0 Å². The molecule has 10 nitrogen and oxygen atoms in total. The smallest absolute Gasteiger partial charge is 0.319 e. The maximum absolute atomic E-state index is 13.5. The number of rotatable bonds is 6. The van der Waals surface area contributed by atoms with Gasteiger partial charge in [-0.2, -0.15) is 0 Å². The van der Waals surface area contributed by atoms with Gasteiger partial charge in [-0.1, -0.05) is 0 Å². The summed E-state index contributed by atoms with van der Waals surface area (Å²) in [6.45, 7) is 5.86. The number of urea groups is 1. The van der Waals surface area contributed by atoms with Crippen molar-refractivity contribution in [2.24, 2.45) is 0 Å². The van der Waals surface area contributed by atoms with Crippen molar-refractivity contribution in [3.63, 3.8) is 0 Å². The minimum Gasteiger partial charge on any atom is -0.377 e. The van der Waals surface area contributed by atoms with Crippen LogP contribution in [0.25, 0.3) is 11.4 Å². The molecule has 0 radical (unpaired) electrons. The summed E-state index contributed by atoms with van der Waals surface area (Å²) >= 11 is 0. The summed E-state index contributed by atoms with van der Waals surface area (Å²) < 4.78 is 5.61. The number of hydrogen-bond donors (Lipinski definition) is 2. The van der Waals surface area contributed by atoms with E-state index in [1.165, 1.54) is 0 Å². The molecular weight excluding hydrogens is 458 g/mol. The molecule has 3 aliphatic rings. The molecule has 1 aromatic heterocycles. The van der Waals surface area contributed by atoms with E-state index < -0.39 is 0 Å². The number of likely N-dealkylation sites (N-methyl/N-ethyl adjacent to an activating group) is 2. The number of morpholine rings is 1. The zero-order chi connectivity index (χ0) is 25.2. The zero-order valence-corrected chi connectivity index (χ0v) is 21.2. The fourth-order valence-electron chi connectivity index (χ4n) is 4.74. The Morgan fingerprint density at radius 1 is 1.11 bits per heavy atom. The van der Waals surface area contributed by atoms with Gasteiger partial charge in [-0.3, -0.25) is 4.79 Å². The van der Waals surface area contributed by atoms with Crippen LogP contribution in [0, 0.1) is 0 Å². The first kappa shape index (κ1) is 24.5. The van der Waals surface area contributed by atoms with E-state index in [0.29, 0.717) is 43.0 Å². The molecule has 2 saturated heterocycles. The van der Waals surface area contributed by atoms with E-state index in [-0.39, 0.29) is 24.0 Å². The van der Waals surface area contributed by atoms with Crippen molar-refractivity contribution in [2.75, 3.05) is 57.2 Å². The van der Waals surface area contributed by atoms with Crippen LogP contribution in [0.3, 0.4) is 0 Å². The normalized spacial score (nSPS) is 22.4. The topological polar surface area (TPSA) is 103 Å². The third-order valence-corrected chi connectivity index (χ3v) is 7.14. The molecule has 36 heavy (non-hydrogen) atoms. The van der Waals surface area contributed by atoms with Gasteiger partial charge in [0, 0.05) is 49.5 Å². The fourth-order valence-corrected chi connectivity index (χ4v) is 4.74. The van der Waals surface area contributed by atoms with Crippen molar-refractivity contribution in [1.82, 2.24) is 25.1 Å². The standard InChI is InChI=1S/C26H35N7O3/c1-17-16-36-13-12-33(17)23-14-22(25(34)32(3)21-10-11-31(2)15-21)29-24(30-23)18-4-6-19(7-5-18)27-26(35)28-20-8-9-20/h4-7,14,17,20-21H,8-13,15-16H2,1-3H3,(H2,27,28,35)/t17-,21?/m0/s1. The van der Waals surface area contributed by atoms with E-state index in [1.54, 1.807) is 6.07 Å². The zero-order valence-electron chi connectivity index (χ0n) is 21.2. The van der Waals surface area contributed by atoms with Gasteiger partial charge in [0.2, 0.25) is 0 Å². The molecule has 1 unspecified atom stereocenters. The maximum Gasteiger partial charge on any atom is 0.319 e. The van der Waals surface area contributed by atoms with E-state index in [9.17, 15) is 9.59 Å². The summed E-state index contributed by atoms with van der Waals surface area (Å²) in [6, 6.07) is 9.62. The van der Waals surface area contributed by atoms with Gasteiger partial charge in [0.15, 0.2) is 5.82 Å². The van der Waals surface area contributed by atoms with E-state index in [2.05, 4.69) is 34.4 Å². The van der Waals surface area contributed by atoms with Crippen molar-refractivity contribution < 1.29 is 14.3 Å². The molecule has 3 heterocycles. The molecule has 192 valence electrons. The summed E-state index contributed by atoms with van der Waals surface area (Å²) in [5.74, 6) is 1.11. The van der Waals surface area contributed by atoms with E-state index in [4.69, 9.17) is 14.7 Å². The Hall–Kier alpha value is -3.24. The Balaban J connectivity index is 1.42. The number of aromatic nitrogens is 2. The van der Waals surface area contributed by atoms with Crippen molar-refractivity contribution in [3.8, 4) is 11.4 Å². The average molecular weight is 494 g/mol. The van der Waals surface area contributed by atoms with E-state index >= 15 is 0 Å².